The summed E-state index contributed by atoms with van der Waals surface area (Å²) in [7, 11) is 1.41. The van der Waals surface area contributed by atoms with Crippen molar-refractivity contribution in [1.82, 2.24) is 4.98 Å². The first-order chi connectivity index (χ1) is 12.8. The highest BCUT2D eigenvalue weighted by molar-refractivity contribution is 7.25. The van der Waals surface area contributed by atoms with Crippen LogP contribution in [-0.4, -0.2) is 18.1 Å². The fraction of sp³-hybridized carbons (Fsp3) is 0.0455. The van der Waals surface area contributed by atoms with Crippen molar-refractivity contribution >= 4 is 48.4 Å². The third-order valence-corrected chi connectivity index (χ3v) is 5.88. The lowest BCUT2D eigenvalue weighted by Crippen LogP contribution is -2.03. The van der Waals surface area contributed by atoms with Crippen molar-refractivity contribution in [2.24, 2.45) is 0 Å². The summed E-state index contributed by atoms with van der Waals surface area (Å²) in [5.74, 6) is -0.353. The fourth-order valence-corrected chi connectivity index (χ4v) is 4.70. The van der Waals surface area contributed by atoms with E-state index in [1.54, 1.807) is 11.3 Å². The van der Waals surface area contributed by atoms with Gasteiger partial charge >= 0.3 is 5.97 Å². The number of methoxy groups -OCH3 is 1. The second-order valence-corrected chi connectivity index (χ2v) is 7.31. The molecule has 1 N–H and O–H groups in total. The van der Waals surface area contributed by atoms with Crippen LogP contribution in [0.5, 0.6) is 0 Å². The molecular formula is C22H15NO2S. The van der Waals surface area contributed by atoms with Crippen molar-refractivity contribution in [3.63, 3.8) is 0 Å². The molecule has 0 radical (unpaired) electrons. The molecule has 2 aromatic heterocycles. The van der Waals surface area contributed by atoms with Crippen molar-refractivity contribution in [1.29, 1.82) is 0 Å². The van der Waals surface area contributed by atoms with Gasteiger partial charge in [-0.05, 0) is 23.8 Å². The fourth-order valence-electron chi connectivity index (χ4n) is 3.57. The number of esters is 1. The van der Waals surface area contributed by atoms with Crippen LogP contribution in [0.15, 0.2) is 66.7 Å². The number of aromatic amines is 1. The Kier molecular flexibility index (Phi) is 3.33. The van der Waals surface area contributed by atoms with Crippen molar-refractivity contribution in [2.75, 3.05) is 7.11 Å². The number of carbonyl (C=O) groups excluding carboxylic acids is 1. The van der Waals surface area contributed by atoms with E-state index >= 15 is 0 Å². The Morgan fingerprint density at radius 3 is 2.46 bits per heavy atom. The zero-order valence-corrected chi connectivity index (χ0v) is 14.9. The number of hydrogen-bond donors (Lipinski definition) is 1. The van der Waals surface area contributed by atoms with Gasteiger partial charge in [-0.2, -0.15) is 0 Å². The predicted octanol–water partition coefficient (Wildman–Crippen LogP) is 5.99. The smallest absolute Gasteiger partial charge is 0.355 e. The molecule has 0 saturated heterocycles. The van der Waals surface area contributed by atoms with E-state index in [0.717, 1.165) is 22.0 Å². The van der Waals surface area contributed by atoms with Gasteiger partial charge in [0.25, 0.3) is 0 Å². The van der Waals surface area contributed by atoms with E-state index in [9.17, 15) is 4.79 Å². The molecule has 2 heterocycles. The van der Waals surface area contributed by atoms with Crippen molar-refractivity contribution in [2.45, 2.75) is 0 Å². The van der Waals surface area contributed by atoms with Crippen molar-refractivity contribution in [3.05, 3.63) is 72.4 Å². The summed E-state index contributed by atoms with van der Waals surface area (Å²) in [6.07, 6.45) is 0. The van der Waals surface area contributed by atoms with Crippen LogP contribution >= 0.6 is 11.3 Å². The Bertz CT molecular complexity index is 1280. The molecule has 3 aromatic carbocycles. The van der Waals surface area contributed by atoms with E-state index in [-0.39, 0.29) is 5.97 Å². The Morgan fingerprint density at radius 2 is 1.65 bits per heavy atom. The quantitative estimate of drug-likeness (QED) is 0.394. The highest BCUT2D eigenvalue weighted by Crippen LogP contribution is 2.40. The number of H-pyrrole nitrogens is 1. The van der Waals surface area contributed by atoms with Gasteiger partial charge in [0.15, 0.2) is 0 Å². The van der Waals surface area contributed by atoms with E-state index in [1.165, 1.54) is 27.3 Å². The molecule has 5 rings (SSSR count). The normalized spacial score (nSPS) is 11.4. The first-order valence-electron chi connectivity index (χ1n) is 8.37. The van der Waals surface area contributed by atoms with E-state index in [0.29, 0.717) is 5.69 Å². The van der Waals surface area contributed by atoms with Crippen LogP contribution in [0.1, 0.15) is 10.5 Å². The maximum atomic E-state index is 12.4. The molecule has 4 heteroatoms. The Balaban J connectivity index is 1.91. The summed E-state index contributed by atoms with van der Waals surface area (Å²) in [5.41, 5.74) is 3.33. The number of nitrogens with one attached hydrogen (secondary N) is 1. The molecule has 0 unspecified atom stereocenters. The third-order valence-electron chi connectivity index (χ3n) is 4.75. The summed E-state index contributed by atoms with van der Waals surface area (Å²) >= 11 is 1.77. The minimum atomic E-state index is -0.353. The first-order valence-corrected chi connectivity index (χ1v) is 9.18. The second kappa shape index (κ2) is 5.71. The van der Waals surface area contributed by atoms with Crippen LogP contribution in [0.4, 0.5) is 0 Å². The van der Waals surface area contributed by atoms with Crippen LogP contribution < -0.4 is 0 Å². The maximum absolute atomic E-state index is 12.4. The van der Waals surface area contributed by atoms with Gasteiger partial charge in [0.2, 0.25) is 0 Å². The lowest BCUT2D eigenvalue weighted by molar-refractivity contribution is 0.0596. The standard InChI is InChI=1S/C22H15NO2S/c1-25-22(24)21-20(13-7-3-2-4-8-13)16-11-15-14-9-5-6-10-18(14)26-19(15)12-17(16)23-21/h2-12,23H,1H3. The van der Waals surface area contributed by atoms with E-state index in [2.05, 4.69) is 41.4 Å². The molecule has 26 heavy (non-hydrogen) atoms. The predicted molar refractivity (Wildman–Crippen MR) is 108 cm³/mol. The molecule has 0 aliphatic rings. The zero-order chi connectivity index (χ0) is 17.7. The van der Waals surface area contributed by atoms with E-state index < -0.39 is 0 Å². The number of thiophene rings is 1. The highest BCUT2D eigenvalue weighted by atomic mass is 32.1. The zero-order valence-electron chi connectivity index (χ0n) is 14.1. The molecule has 0 bridgehead atoms. The summed E-state index contributed by atoms with van der Waals surface area (Å²) in [4.78, 5) is 15.7. The first kappa shape index (κ1) is 15.2. The largest absolute Gasteiger partial charge is 0.464 e. The van der Waals surface area contributed by atoms with Crippen molar-refractivity contribution < 1.29 is 9.53 Å². The SMILES string of the molecule is COC(=O)c1[nH]c2cc3sc4ccccc4c3cc2c1-c1ccccc1. The minimum Gasteiger partial charge on any atom is -0.464 e. The molecule has 0 amide bonds. The second-order valence-electron chi connectivity index (χ2n) is 6.22. The van der Waals surface area contributed by atoms with Gasteiger partial charge in [-0.25, -0.2) is 4.79 Å². The summed E-state index contributed by atoms with van der Waals surface area (Å²) in [6, 6.07) is 22.7. The number of aromatic nitrogens is 1. The van der Waals surface area contributed by atoms with Gasteiger partial charge in [0, 0.05) is 36.6 Å². The Hall–Kier alpha value is -3.11. The number of carbonyl (C=O) groups is 1. The molecule has 0 saturated carbocycles. The monoisotopic (exact) mass is 357 g/mol. The molecular weight excluding hydrogens is 342 g/mol. The molecule has 3 nitrogen and oxygen atoms in total. The van der Waals surface area contributed by atoms with Gasteiger partial charge < -0.3 is 9.72 Å². The topological polar surface area (TPSA) is 42.1 Å². The van der Waals surface area contributed by atoms with Crippen LogP contribution in [0.2, 0.25) is 0 Å². The van der Waals surface area contributed by atoms with Crippen molar-refractivity contribution in [3.8, 4) is 11.1 Å². The number of rotatable bonds is 2. The van der Waals surface area contributed by atoms with Gasteiger partial charge in [-0.15, -0.1) is 11.3 Å². The molecule has 126 valence electrons. The average Bonchev–Trinajstić information content (AvgIpc) is 3.23. The number of ether oxygens (including phenoxy) is 1. The van der Waals surface area contributed by atoms with Gasteiger partial charge in [0.05, 0.1) is 7.11 Å². The number of benzene rings is 3. The van der Waals surface area contributed by atoms with Crippen LogP contribution in [0.25, 0.3) is 42.2 Å². The van der Waals surface area contributed by atoms with Gasteiger partial charge in [-0.1, -0.05) is 48.5 Å². The maximum Gasteiger partial charge on any atom is 0.355 e. The highest BCUT2D eigenvalue weighted by Gasteiger charge is 2.20. The Labute approximate surface area is 153 Å². The third kappa shape index (κ3) is 2.16. The molecule has 0 aliphatic heterocycles. The van der Waals surface area contributed by atoms with Gasteiger partial charge in [-0.3, -0.25) is 0 Å². The Morgan fingerprint density at radius 1 is 0.885 bits per heavy atom. The lowest BCUT2D eigenvalue weighted by atomic mass is 10.0. The van der Waals surface area contributed by atoms with E-state index in [4.69, 9.17) is 4.74 Å². The minimum absolute atomic E-state index is 0.353. The molecule has 5 aromatic rings. The number of fused-ring (bicyclic) bond motifs is 4. The molecule has 0 spiro atoms. The van der Waals surface area contributed by atoms with E-state index in [1.807, 2.05) is 30.3 Å². The summed E-state index contributed by atoms with van der Waals surface area (Å²) in [5, 5.41) is 3.49. The number of hydrogen-bond acceptors (Lipinski definition) is 3. The summed E-state index contributed by atoms with van der Waals surface area (Å²) in [6.45, 7) is 0. The summed E-state index contributed by atoms with van der Waals surface area (Å²) < 4.78 is 7.48. The molecule has 0 fully saturated rings. The van der Waals surface area contributed by atoms with Crippen LogP contribution in [0.3, 0.4) is 0 Å². The molecule has 0 atom stereocenters. The average molecular weight is 357 g/mol. The molecule has 0 aliphatic carbocycles. The lowest BCUT2D eigenvalue weighted by Gasteiger charge is -2.04. The van der Waals surface area contributed by atoms with Crippen LogP contribution in [-0.2, 0) is 4.74 Å². The van der Waals surface area contributed by atoms with Gasteiger partial charge in [0.1, 0.15) is 5.69 Å². The van der Waals surface area contributed by atoms with Crippen LogP contribution in [0, 0.1) is 0 Å².